The van der Waals surface area contributed by atoms with Gasteiger partial charge in [0.15, 0.2) is 0 Å². The lowest BCUT2D eigenvalue weighted by atomic mass is 10.00. The number of hydrogen-bond acceptors (Lipinski definition) is 3. The Hall–Kier alpha value is -2.24. The second-order valence-electron chi connectivity index (χ2n) is 4.50. The van der Waals surface area contributed by atoms with Crippen LogP contribution in [-0.2, 0) is 4.79 Å². The van der Waals surface area contributed by atoms with Gasteiger partial charge in [0.05, 0.1) is 6.21 Å². The predicted molar refractivity (Wildman–Crippen MR) is 68.1 cm³/mol. The number of urea groups is 1. The fraction of sp³-hybridized carbons (Fsp3) is 0.308. The molecule has 2 rings (SSSR count). The molecule has 0 radical (unpaired) electrons. The van der Waals surface area contributed by atoms with E-state index in [1.54, 1.807) is 26.0 Å². The number of benzene rings is 1. The summed E-state index contributed by atoms with van der Waals surface area (Å²) in [6.07, 6.45) is 1.62. The van der Waals surface area contributed by atoms with Crippen LogP contribution in [-0.4, -0.2) is 28.7 Å². The molecule has 1 aromatic carbocycles. The molecule has 0 bridgehead atoms. The second-order valence-corrected chi connectivity index (χ2v) is 4.50. The van der Waals surface area contributed by atoms with Gasteiger partial charge in [0.2, 0.25) is 0 Å². The van der Waals surface area contributed by atoms with Crippen LogP contribution in [0.25, 0.3) is 0 Å². The predicted octanol–water partition coefficient (Wildman–Crippen LogP) is 1.88. The summed E-state index contributed by atoms with van der Waals surface area (Å²) < 4.78 is 13.4. The third-order valence-corrected chi connectivity index (χ3v) is 3.16. The molecule has 0 aromatic heterocycles. The maximum Gasteiger partial charge on any atom is 0.346 e. The molecule has 5 nitrogen and oxygen atoms in total. The molecule has 1 heterocycles. The SMILES string of the molecule is CCC1(C)NC(=O)N(N=Cc2ccccc2F)C1=O. The summed E-state index contributed by atoms with van der Waals surface area (Å²) in [4.78, 5) is 23.7. The first-order valence-electron chi connectivity index (χ1n) is 5.93. The zero-order chi connectivity index (χ0) is 14.0. The Bertz CT molecular complexity index is 559. The van der Waals surface area contributed by atoms with Crippen LogP contribution in [0.4, 0.5) is 9.18 Å². The van der Waals surface area contributed by atoms with Gasteiger partial charge in [0.25, 0.3) is 5.91 Å². The van der Waals surface area contributed by atoms with Crippen LogP contribution in [0, 0.1) is 5.82 Å². The van der Waals surface area contributed by atoms with Crippen LogP contribution >= 0.6 is 0 Å². The van der Waals surface area contributed by atoms with Crippen molar-refractivity contribution < 1.29 is 14.0 Å². The van der Waals surface area contributed by atoms with Crippen LogP contribution < -0.4 is 5.32 Å². The summed E-state index contributed by atoms with van der Waals surface area (Å²) in [7, 11) is 0. The number of rotatable bonds is 3. The van der Waals surface area contributed by atoms with Gasteiger partial charge in [-0.15, -0.1) is 5.01 Å². The summed E-state index contributed by atoms with van der Waals surface area (Å²) in [6, 6.07) is 5.39. The average Bonchev–Trinajstić information content (AvgIpc) is 2.61. The molecule has 0 aliphatic carbocycles. The molecular formula is C13H14FN3O2. The Morgan fingerprint density at radius 2 is 2.11 bits per heavy atom. The number of nitrogens with zero attached hydrogens (tertiary/aromatic N) is 2. The van der Waals surface area contributed by atoms with Gasteiger partial charge in [0.1, 0.15) is 11.4 Å². The van der Waals surface area contributed by atoms with Crippen molar-refractivity contribution in [3.63, 3.8) is 0 Å². The van der Waals surface area contributed by atoms with Crippen molar-refractivity contribution in [1.82, 2.24) is 10.3 Å². The first-order chi connectivity index (χ1) is 8.98. The van der Waals surface area contributed by atoms with Gasteiger partial charge in [-0.25, -0.2) is 9.18 Å². The second kappa shape index (κ2) is 4.79. The van der Waals surface area contributed by atoms with Gasteiger partial charge in [-0.05, 0) is 19.4 Å². The van der Waals surface area contributed by atoms with Crippen molar-refractivity contribution in [2.24, 2.45) is 5.10 Å². The fourth-order valence-electron chi connectivity index (χ4n) is 1.71. The number of nitrogens with one attached hydrogen (secondary N) is 1. The summed E-state index contributed by atoms with van der Waals surface area (Å²) in [5, 5.41) is 7.06. The molecule has 19 heavy (non-hydrogen) atoms. The molecule has 100 valence electrons. The fourth-order valence-corrected chi connectivity index (χ4v) is 1.71. The van der Waals surface area contributed by atoms with Crippen LogP contribution in [0.1, 0.15) is 25.8 Å². The van der Waals surface area contributed by atoms with Crippen molar-refractivity contribution in [3.05, 3.63) is 35.6 Å². The van der Waals surface area contributed by atoms with Crippen LogP contribution in [0.15, 0.2) is 29.4 Å². The van der Waals surface area contributed by atoms with Gasteiger partial charge in [-0.2, -0.15) is 5.10 Å². The monoisotopic (exact) mass is 263 g/mol. The maximum absolute atomic E-state index is 13.4. The van der Waals surface area contributed by atoms with Crippen LogP contribution in [0.3, 0.4) is 0 Å². The van der Waals surface area contributed by atoms with Gasteiger partial charge >= 0.3 is 6.03 Å². The number of carbonyl (C=O) groups is 2. The number of halogens is 1. The smallest absolute Gasteiger partial charge is 0.322 e. The van der Waals surface area contributed by atoms with Gasteiger partial charge in [-0.3, -0.25) is 4.79 Å². The van der Waals surface area contributed by atoms with E-state index in [0.717, 1.165) is 11.2 Å². The number of amides is 3. The molecule has 1 atom stereocenters. The Balaban J connectivity index is 2.23. The van der Waals surface area contributed by atoms with E-state index < -0.39 is 23.3 Å². The van der Waals surface area contributed by atoms with E-state index in [9.17, 15) is 14.0 Å². The third-order valence-electron chi connectivity index (χ3n) is 3.16. The first kappa shape index (κ1) is 13.2. The van der Waals surface area contributed by atoms with E-state index in [2.05, 4.69) is 10.4 Å². The lowest BCUT2D eigenvalue weighted by molar-refractivity contribution is -0.130. The highest BCUT2D eigenvalue weighted by molar-refractivity contribution is 6.07. The number of carbonyl (C=O) groups excluding carboxylic acids is 2. The van der Waals surface area contributed by atoms with Crippen molar-refractivity contribution in [3.8, 4) is 0 Å². The van der Waals surface area contributed by atoms with Crippen molar-refractivity contribution in [2.75, 3.05) is 0 Å². The van der Waals surface area contributed by atoms with E-state index in [1.165, 1.54) is 12.1 Å². The Labute approximate surface area is 110 Å². The largest absolute Gasteiger partial charge is 0.346 e. The molecule has 1 saturated heterocycles. The van der Waals surface area contributed by atoms with Crippen molar-refractivity contribution >= 4 is 18.2 Å². The molecule has 1 aliphatic rings. The third kappa shape index (κ3) is 2.33. The lowest BCUT2D eigenvalue weighted by Gasteiger charge is -2.17. The molecule has 1 aliphatic heterocycles. The highest BCUT2D eigenvalue weighted by Gasteiger charge is 2.46. The molecule has 0 saturated carbocycles. The maximum atomic E-state index is 13.4. The minimum absolute atomic E-state index is 0.216. The van der Waals surface area contributed by atoms with E-state index in [1.807, 2.05) is 0 Å². The zero-order valence-electron chi connectivity index (χ0n) is 10.7. The molecule has 1 N–H and O–H groups in total. The van der Waals surface area contributed by atoms with E-state index in [4.69, 9.17) is 0 Å². The van der Waals surface area contributed by atoms with Crippen LogP contribution in [0.2, 0.25) is 0 Å². The summed E-state index contributed by atoms with van der Waals surface area (Å²) >= 11 is 0. The lowest BCUT2D eigenvalue weighted by Crippen LogP contribution is -2.42. The summed E-state index contributed by atoms with van der Waals surface area (Å²) in [5.41, 5.74) is -0.725. The highest BCUT2D eigenvalue weighted by atomic mass is 19.1. The van der Waals surface area contributed by atoms with Crippen molar-refractivity contribution in [2.45, 2.75) is 25.8 Å². The molecule has 1 aromatic rings. The number of imide groups is 1. The molecule has 1 unspecified atom stereocenters. The van der Waals surface area contributed by atoms with E-state index >= 15 is 0 Å². The minimum atomic E-state index is -0.941. The molecule has 1 fully saturated rings. The number of hydrazone groups is 1. The topological polar surface area (TPSA) is 61.8 Å². The molecule has 6 heteroatoms. The summed E-state index contributed by atoms with van der Waals surface area (Å²) in [6.45, 7) is 3.42. The quantitative estimate of drug-likeness (QED) is 0.668. The summed E-state index contributed by atoms with van der Waals surface area (Å²) in [5.74, 6) is -0.899. The molecule has 3 amide bonds. The average molecular weight is 263 g/mol. The van der Waals surface area contributed by atoms with Crippen LogP contribution in [0.5, 0.6) is 0 Å². The first-order valence-corrected chi connectivity index (χ1v) is 5.93. The van der Waals surface area contributed by atoms with E-state index in [0.29, 0.717) is 6.42 Å². The zero-order valence-corrected chi connectivity index (χ0v) is 10.7. The Kier molecular flexibility index (Phi) is 3.33. The van der Waals surface area contributed by atoms with Gasteiger partial charge in [0, 0.05) is 5.56 Å². The minimum Gasteiger partial charge on any atom is -0.322 e. The Morgan fingerprint density at radius 1 is 1.42 bits per heavy atom. The molecular weight excluding hydrogens is 249 g/mol. The van der Waals surface area contributed by atoms with Crippen molar-refractivity contribution in [1.29, 1.82) is 0 Å². The highest BCUT2D eigenvalue weighted by Crippen LogP contribution is 2.20. The van der Waals surface area contributed by atoms with E-state index in [-0.39, 0.29) is 5.56 Å². The van der Waals surface area contributed by atoms with Gasteiger partial charge < -0.3 is 5.32 Å². The number of hydrogen-bond donors (Lipinski definition) is 1. The van der Waals surface area contributed by atoms with Gasteiger partial charge in [-0.1, -0.05) is 25.1 Å². The standard InChI is InChI=1S/C13H14FN3O2/c1-3-13(2)11(18)17(12(19)16-13)15-8-9-6-4-5-7-10(9)14/h4-8H,3H2,1-2H3,(H,16,19). The normalized spacial score (nSPS) is 23.2. The molecule has 0 spiro atoms. The Morgan fingerprint density at radius 3 is 2.68 bits per heavy atom.